The molecule has 12 aromatic carbocycles. The van der Waals surface area contributed by atoms with E-state index < -0.39 is 87.9 Å². The van der Waals surface area contributed by atoms with E-state index in [4.69, 9.17) is 33.8 Å². The first kappa shape index (κ1) is 78.3. The number of benzene rings is 12. The lowest BCUT2D eigenvalue weighted by atomic mass is 9.61. The summed E-state index contributed by atoms with van der Waals surface area (Å²) in [5.41, 5.74) is 4.21. The second-order valence-electron chi connectivity index (χ2n) is 21.4. The lowest BCUT2D eigenvalue weighted by molar-refractivity contribution is 0.306. The first-order valence-corrected chi connectivity index (χ1v) is 33.0. The minimum Gasteiger partial charge on any atom is -0.444 e. The van der Waals surface area contributed by atoms with Crippen LogP contribution in [0.15, 0.2) is 264 Å². The first-order chi connectivity index (χ1) is 48.4. The average Bonchev–Trinajstić information content (AvgIpc) is 0.785. The molecule has 4 N–H and O–H groups in total. The van der Waals surface area contributed by atoms with Gasteiger partial charge in [-0.05, 0) is 231 Å². The maximum absolute atomic E-state index is 15.7. The third kappa shape index (κ3) is 22.0. The standard InChI is InChI=1S/C36H21B3F6O3.C12H9BF2O2.C12H7BrF2.C6H6BFO2.C6H3BrFI.C2H6/c40-28-7-1-4-22(16-28)25-10-13-31(34(43)19-25)37-46-38(32-14-11-26(20-35(32)44)23-5-2-8-29(41)17-23)48-39(47-37)33-15-12-27(21-36(33)45)24-6-3-9-30(42)18-24;14-10-3-1-2-8(6-10)9-4-5-11(13(16)17)12(15)7-9;13-11-5-4-9(7-12(11)15)8-2-1-3-10(14)6-8;8-6-4-2-1-3-5(6)7(9)10;7-5-2-1-4(9)3-6(5)8;1-2/h1-21H;1-7,16-17H;1-7H;1-4,9-10H;1-3H;1-2H3. The summed E-state index contributed by atoms with van der Waals surface area (Å²) in [4.78, 5) is 0. The van der Waals surface area contributed by atoms with E-state index in [-0.39, 0.29) is 44.8 Å². The van der Waals surface area contributed by atoms with Crippen LogP contribution in [-0.2, 0) is 13.7 Å². The molecular weight excluding hydrogens is 1570 g/mol. The van der Waals surface area contributed by atoms with Crippen molar-refractivity contribution in [3.05, 3.63) is 337 Å². The summed E-state index contributed by atoms with van der Waals surface area (Å²) in [6.45, 7) is 4.00. The predicted molar refractivity (Wildman–Crippen MR) is 390 cm³/mol. The molecule has 0 amide bonds. The van der Waals surface area contributed by atoms with Gasteiger partial charge in [0.15, 0.2) is 0 Å². The van der Waals surface area contributed by atoms with E-state index in [0.717, 1.165) is 9.64 Å². The third-order valence-corrected chi connectivity index (χ3v) is 16.5. The van der Waals surface area contributed by atoms with Gasteiger partial charge in [0.25, 0.3) is 0 Å². The summed E-state index contributed by atoms with van der Waals surface area (Å²) in [6, 6.07) is 60.3. The molecule has 0 spiro atoms. The Morgan fingerprint density at radius 3 is 0.812 bits per heavy atom. The molecule has 7 nitrogen and oxygen atoms in total. The second kappa shape index (κ2) is 37.5. The molecule has 1 saturated heterocycles. The van der Waals surface area contributed by atoms with Crippen LogP contribution < -0.4 is 27.3 Å². The van der Waals surface area contributed by atoms with Crippen LogP contribution in [0.25, 0.3) is 55.6 Å². The molecule has 1 aliphatic heterocycles. The van der Waals surface area contributed by atoms with Crippen LogP contribution in [-0.4, -0.2) is 55.7 Å². The van der Waals surface area contributed by atoms with E-state index in [1.165, 1.54) is 170 Å². The summed E-state index contributed by atoms with van der Waals surface area (Å²) in [5, 5.41) is 34.8. The van der Waals surface area contributed by atoms with Gasteiger partial charge in [0.1, 0.15) is 69.8 Å². The van der Waals surface area contributed by atoms with Crippen molar-refractivity contribution in [2.45, 2.75) is 13.8 Å². The van der Waals surface area contributed by atoms with Gasteiger partial charge in [-0.3, -0.25) is 0 Å². The minimum absolute atomic E-state index is 0.0949. The van der Waals surface area contributed by atoms with Crippen LogP contribution in [0.4, 0.5) is 52.7 Å². The maximum Gasteiger partial charge on any atom is 0.491 e. The van der Waals surface area contributed by atoms with E-state index in [2.05, 4.69) is 54.5 Å². The normalized spacial score (nSPS) is 11.4. The summed E-state index contributed by atoms with van der Waals surface area (Å²) in [5.74, 6) is -6.41. The highest BCUT2D eigenvalue weighted by atomic mass is 127. The summed E-state index contributed by atoms with van der Waals surface area (Å²) < 4.78 is 186. The molecule has 101 heavy (non-hydrogen) atoms. The highest BCUT2D eigenvalue weighted by Crippen LogP contribution is 2.28. The first-order valence-electron chi connectivity index (χ1n) is 30.3. The SMILES string of the molecule is CC.Fc1cc(I)ccc1Br.Fc1cccc(-c2ccc(B3OB(c4ccc(-c5cccc(F)c5)cc4F)OB(c4ccc(-c5cccc(F)c5)cc4F)O3)c(F)c2)c1.Fc1cccc(-c2ccc(Br)c(F)c2)c1.OB(O)c1ccc(-c2cccc(F)c2)cc1F.OB(O)c1ccccc1F. The zero-order valence-corrected chi connectivity index (χ0v) is 58.1. The van der Waals surface area contributed by atoms with Gasteiger partial charge in [0, 0.05) is 30.9 Å². The van der Waals surface area contributed by atoms with Gasteiger partial charge in [0.05, 0.1) is 8.95 Å². The van der Waals surface area contributed by atoms with Crippen LogP contribution >= 0.6 is 54.5 Å². The largest absolute Gasteiger partial charge is 0.491 e. The molecule has 0 radical (unpaired) electrons. The van der Waals surface area contributed by atoms with Crippen molar-refractivity contribution >= 4 is 117 Å². The topological polar surface area (TPSA) is 109 Å². The molecule has 1 fully saturated rings. The van der Waals surface area contributed by atoms with Crippen molar-refractivity contribution in [1.82, 2.24) is 0 Å². The Morgan fingerprint density at radius 1 is 0.277 bits per heavy atom. The lowest BCUT2D eigenvalue weighted by Crippen LogP contribution is -2.62. The Balaban J connectivity index is 0.000000196. The number of halogens is 15. The quantitative estimate of drug-likeness (QED) is 0.0467. The fourth-order valence-electron chi connectivity index (χ4n) is 9.65. The maximum atomic E-state index is 15.7. The second-order valence-corrected chi connectivity index (χ2v) is 24.3. The zero-order chi connectivity index (χ0) is 73.0. The summed E-state index contributed by atoms with van der Waals surface area (Å²) >= 11 is 8.18. The molecule has 13 rings (SSSR count). The van der Waals surface area contributed by atoms with Crippen molar-refractivity contribution in [3.8, 4) is 55.6 Å². The smallest absolute Gasteiger partial charge is 0.444 e. The van der Waals surface area contributed by atoms with Gasteiger partial charge in [0.2, 0.25) is 0 Å². The van der Waals surface area contributed by atoms with Crippen LogP contribution in [0.1, 0.15) is 13.8 Å². The molecule has 510 valence electrons. The monoisotopic (exact) mass is 1620 g/mol. The van der Waals surface area contributed by atoms with Gasteiger partial charge in [-0.1, -0.05) is 147 Å². The van der Waals surface area contributed by atoms with Crippen molar-refractivity contribution in [1.29, 1.82) is 0 Å². The van der Waals surface area contributed by atoms with Crippen LogP contribution in [0.3, 0.4) is 0 Å². The van der Waals surface area contributed by atoms with Crippen molar-refractivity contribution in [2.24, 2.45) is 0 Å². The Morgan fingerprint density at radius 2 is 0.545 bits per heavy atom. The van der Waals surface area contributed by atoms with Crippen molar-refractivity contribution in [3.63, 3.8) is 0 Å². The highest BCUT2D eigenvalue weighted by molar-refractivity contribution is 14.1. The highest BCUT2D eigenvalue weighted by Gasteiger charge is 2.46. The molecule has 0 unspecified atom stereocenters. The molecule has 0 aromatic heterocycles. The number of hydrogen-bond acceptors (Lipinski definition) is 7. The number of hydrogen-bond donors (Lipinski definition) is 4. The average molecular weight is 1620 g/mol. The van der Waals surface area contributed by atoms with Gasteiger partial charge in [-0.25, -0.2) is 52.7 Å². The molecule has 1 aliphatic rings. The Bertz CT molecular complexity index is 4560. The van der Waals surface area contributed by atoms with Crippen molar-refractivity contribution in [2.75, 3.05) is 0 Å². The van der Waals surface area contributed by atoms with E-state index >= 15 is 13.2 Å². The van der Waals surface area contributed by atoms with Crippen LogP contribution in [0, 0.1) is 73.4 Å². The van der Waals surface area contributed by atoms with E-state index in [1.807, 2.05) is 19.9 Å². The Labute approximate surface area is 606 Å². The predicted octanol–water partition coefficient (Wildman–Crippen LogP) is 16.5. The number of rotatable bonds is 10. The van der Waals surface area contributed by atoms with Crippen LogP contribution in [0.2, 0.25) is 0 Å². The summed E-state index contributed by atoms with van der Waals surface area (Å²) in [7, 11) is -8.07. The molecule has 0 atom stereocenters. The minimum atomic E-state index is -1.85. The Hall–Kier alpha value is -8.47. The zero-order valence-electron chi connectivity index (χ0n) is 52.8. The van der Waals surface area contributed by atoms with Gasteiger partial charge >= 0.3 is 35.6 Å². The molecule has 12 aromatic rings. The summed E-state index contributed by atoms with van der Waals surface area (Å²) in [6.07, 6.45) is 0. The van der Waals surface area contributed by atoms with Crippen LogP contribution in [0.5, 0.6) is 0 Å². The lowest BCUT2D eigenvalue weighted by Gasteiger charge is -2.32. The third-order valence-electron chi connectivity index (χ3n) is 14.6. The molecule has 27 heteroatoms. The molecular formula is C74H52B5Br2F12IO7. The fourth-order valence-corrected chi connectivity index (χ4v) is 10.6. The fraction of sp³-hybridized carbons (Fsp3) is 0.0270. The molecule has 0 aliphatic carbocycles. The van der Waals surface area contributed by atoms with E-state index in [1.54, 1.807) is 72.8 Å². The molecule has 0 bridgehead atoms. The van der Waals surface area contributed by atoms with Gasteiger partial charge < -0.3 is 33.8 Å². The Kier molecular flexibility index (Phi) is 29.0. The molecule has 1 heterocycles. The molecule has 0 saturated carbocycles. The van der Waals surface area contributed by atoms with Gasteiger partial charge in [-0.15, -0.1) is 0 Å². The van der Waals surface area contributed by atoms with E-state index in [9.17, 15) is 39.5 Å². The van der Waals surface area contributed by atoms with E-state index in [0.29, 0.717) is 64.6 Å². The van der Waals surface area contributed by atoms with Gasteiger partial charge in [-0.2, -0.15) is 0 Å². The van der Waals surface area contributed by atoms with Crippen molar-refractivity contribution < 1.29 is 86.5 Å².